The van der Waals surface area contributed by atoms with Gasteiger partial charge in [0.25, 0.3) is 0 Å². The van der Waals surface area contributed by atoms with E-state index < -0.39 is 11.6 Å². The molecule has 2 fully saturated rings. The first-order chi connectivity index (χ1) is 19.9. The summed E-state index contributed by atoms with van der Waals surface area (Å²) in [5.74, 6) is -1.07. The molecule has 2 aliphatic rings. The first-order valence-corrected chi connectivity index (χ1v) is 13.7. The molecule has 2 aromatic heterocycles. The first kappa shape index (κ1) is 28.0. The Balaban J connectivity index is 1.28. The van der Waals surface area contributed by atoms with Crippen molar-refractivity contribution in [3.63, 3.8) is 0 Å². The van der Waals surface area contributed by atoms with E-state index in [4.69, 9.17) is 15.3 Å². The molecule has 5 rings (SSSR count). The number of carbonyl (C=O) groups excluding carboxylic acids is 1. The number of carbonyl (C=O) groups is 1. The molecule has 10 heteroatoms. The zero-order chi connectivity index (χ0) is 28.9. The predicted octanol–water partition coefficient (Wildman–Crippen LogP) is 4.81. The smallest absolute Gasteiger partial charge is 0.225 e. The molecule has 0 N–H and O–H groups in total. The predicted molar refractivity (Wildman–Crippen MR) is 147 cm³/mol. The van der Waals surface area contributed by atoms with Crippen molar-refractivity contribution in [1.29, 1.82) is 10.5 Å². The van der Waals surface area contributed by atoms with Crippen molar-refractivity contribution in [3.8, 4) is 18.0 Å². The SMILES string of the molecule is C[C@H](Oc1ccc(C#N)cn1)[C@H]1CCN(C(=O)C2CCN(c3ccc(C#N)cn3)CC2)C[C@@H]1c1ccc(F)c(F)c1. The van der Waals surface area contributed by atoms with E-state index in [-0.39, 0.29) is 29.8 Å². The van der Waals surface area contributed by atoms with E-state index in [1.54, 1.807) is 30.5 Å². The maximum atomic E-state index is 14.3. The third kappa shape index (κ3) is 6.28. The van der Waals surface area contributed by atoms with Gasteiger partial charge in [-0.2, -0.15) is 10.5 Å². The number of benzene rings is 1. The standard InChI is InChI=1S/C31H30F2N6O2/c1-20(41-30-7-3-22(16-35)18-37-30)25-10-13-39(19-26(25)24-4-5-27(32)28(33)14-24)31(40)23-8-11-38(12-9-23)29-6-2-21(15-34)17-36-29/h2-7,14,17-18,20,23,25-26H,8-13,19H2,1H3/t20-,25+,26+/m0/s1. The van der Waals surface area contributed by atoms with Crippen molar-refractivity contribution in [1.82, 2.24) is 14.9 Å². The van der Waals surface area contributed by atoms with Crippen LogP contribution in [0.5, 0.6) is 5.88 Å². The van der Waals surface area contributed by atoms with E-state index in [2.05, 4.69) is 20.9 Å². The molecule has 41 heavy (non-hydrogen) atoms. The molecule has 3 atom stereocenters. The van der Waals surface area contributed by atoms with Crippen LogP contribution < -0.4 is 9.64 Å². The van der Waals surface area contributed by atoms with E-state index in [1.807, 2.05) is 24.0 Å². The summed E-state index contributed by atoms with van der Waals surface area (Å²) in [5, 5.41) is 18.0. The molecule has 0 aliphatic carbocycles. The lowest BCUT2D eigenvalue weighted by molar-refractivity contribution is -0.138. The summed E-state index contributed by atoms with van der Waals surface area (Å²) in [6.45, 7) is 4.19. The highest BCUT2D eigenvalue weighted by Crippen LogP contribution is 2.38. The van der Waals surface area contributed by atoms with Crippen LogP contribution in [0.15, 0.2) is 54.9 Å². The van der Waals surface area contributed by atoms with E-state index in [1.165, 1.54) is 12.3 Å². The van der Waals surface area contributed by atoms with Crippen molar-refractivity contribution < 1.29 is 18.3 Å². The lowest BCUT2D eigenvalue weighted by Crippen LogP contribution is -2.49. The quantitative estimate of drug-likeness (QED) is 0.429. The molecule has 0 unspecified atom stereocenters. The van der Waals surface area contributed by atoms with Crippen LogP contribution in [0.3, 0.4) is 0 Å². The number of nitriles is 2. The van der Waals surface area contributed by atoms with Crippen molar-refractivity contribution in [2.75, 3.05) is 31.1 Å². The van der Waals surface area contributed by atoms with Gasteiger partial charge in [-0.3, -0.25) is 4.79 Å². The van der Waals surface area contributed by atoms with Gasteiger partial charge in [0.05, 0.1) is 11.1 Å². The highest BCUT2D eigenvalue weighted by Gasteiger charge is 2.39. The van der Waals surface area contributed by atoms with Crippen molar-refractivity contribution >= 4 is 11.7 Å². The van der Waals surface area contributed by atoms with Crippen LogP contribution in [-0.4, -0.2) is 53.1 Å². The Labute approximate surface area is 237 Å². The fourth-order valence-electron chi connectivity index (χ4n) is 5.87. The molecular weight excluding hydrogens is 526 g/mol. The normalized spacial score (nSPS) is 20.1. The maximum absolute atomic E-state index is 14.3. The van der Waals surface area contributed by atoms with E-state index in [9.17, 15) is 13.6 Å². The van der Waals surface area contributed by atoms with Gasteiger partial charge in [-0.15, -0.1) is 0 Å². The monoisotopic (exact) mass is 556 g/mol. The zero-order valence-electron chi connectivity index (χ0n) is 22.7. The van der Waals surface area contributed by atoms with Crippen molar-refractivity contribution in [3.05, 3.63) is 83.2 Å². The molecule has 210 valence electrons. The Hall–Kier alpha value is -4.57. The molecular formula is C31H30F2N6O2. The van der Waals surface area contributed by atoms with Crippen LogP contribution in [0.1, 0.15) is 48.8 Å². The van der Waals surface area contributed by atoms with Gasteiger partial charge in [-0.25, -0.2) is 18.7 Å². The second-order valence-corrected chi connectivity index (χ2v) is 10.6. The number of ether oxygens (including phenoxy) is 1. The van der Waals surface area contributed by atoms with Crippen LogP contribution in [0.4, 0.5) is 14.6 Å². The molecule has 0 radical (unpaired) electrons. The largest absolute Gasteiger partial charge is 0.474 e. The minimum Gasteiger partial charge on any atom is -0.474 e. The number of likely N-dealkylation sites (tertiary alicyclic amines) is 1. The topological polar surface area (TPSA) is 106 Å². The highest BCUT2D eigenvalue weighted by molar-refractivity contribution is 5.79. The minimum absolute atomic E-state index is 0.0748. The molecule has 4 heterocycles. The Morgan fingerprint density at radius 2 is 1.66 bits per heavy atom. The van der Waals surface area contributed by atoms with Gasteiger partial charge in [0.2, 0.25) is 11.8 Å². The number of pyridine rings is 2. The summed E-state index contributed by atoms with van der Waals surface area (Å²) < 4.78 is 34.2. The number of hydrogen-bond donors (Lipinski definition) is 0. The molecule has 0 saturated carbocycles. The summed E-state index contributed by atoms with van der Waals surface area (Å²) in [5.41, 5.74) is 1.55. The summed E-state index contributed by atoms with van der Waals surface area (Å²) in [4.78, 5) is 26.2. The first-order valence-electron chi connectivity index (χ1n) is 13.7. The molecule has 1 aromatic carbocycles. The van der Waals surface area contributed by atoms with Gasteiger partial charge >= 0.3 is 0 Å². The highest BCUT2D eigenvalue weighted by atomic mass is 19.2. The van der Waals surface area contributed by atoms with Gasteiger partial charge in [0.15, 0.2) is 11.6 Å². The van der Waals surface area contributed by atoms with Gasteiger partial charge < -0.3 is 14.5 Å². The number of rotatable bonds is 6. The van der Waals surface area contributed by atoms with Gasteiger partial charge in [0.1, 0.15) is 24.1 Å². The van der Waals surface area contributed by atoms with E-state index in [0.29, 0.717) is 68.0 Å². The van der Waals surface area contributed by atoms with E-state index in [0.717, 1.165) is 11.9 Å². The lowest BCUT2D eigenvalue weighted by Gasteiger charge is -2.43. The third-order valence-corrected chi connectivity index (χ3v) is 8.17. The van der Waals surface area contributed by atoms with Crippen LogP contribution >= 0.6 is 0 Å². The number of halogens is 2. The summed E-state index contributed by atoms with van der Waals surface area (Å²) >= 11 is 0. The maximum Gasteiger partial charge on any atom is 0.225 e. The molecule has 0 spiro atoms. The van der Waals surface area contributed by atoms with Gasteiger partial charge in [0, 0.05) is 62.4 Å². The molecule has 0 bridgehead atoms. The number of amides is 1. The summed E-state index contributed by atoms with van der Waals surface area (Å²) in [7, 11) is 0. The molecule has 2 aliphatic heterocycles. The molecule has 3 aromatic rings. The number of aromatic nitrogens is 2. The van der Waals surface area contributed by atoms with Gasteiger partial charge in [-0.05, 0) is 62.1 Å². The van der Waals surface area contributed by atoms with Crippen molar-refractivity contribution in [2.24, 2.45) is 11.8 Å². The average Bonchev–Trinajstić information content (AvgIpc) is 3.02. The summed E-state index contributed by atoms with van der Waals surface area (Å²) in [6.07, 6.45) is 4.66. The van der Waals surface area contributed by atoms with Crippen LogP contribution in [0, 0.1) is 46.1 Å². The van der Waals surface area contributed by atoms with Crippen LogP contribution in [0.25, 0.3) is 0 Å². The van der Waals surface area contributed by atoms with E-state index >= 15 is 0 Å². The van der Waals surface area contributed by atoms with Gasteiger partial charge in [-0.1, -0.05) is 6.07 Å². The average molecular weight is 557 g/mol. The molecule has 1 amide bonds. The Morgan fingerprint density at radius 3 is 2.27 bits per heavy atom. The lowest BCUT2D eigenvalue weighted by atomic mass is 9.77. The number of anilines is 1. The Morgan fingerprint density at radius 1 is 0.951 bits per heavy atom. The molecule has 8 nitrogen and oxygen atoms in total. The molecule has 2 saturated heterocycles. The van der Waals surface area contributed by atoms with Crippen LogP contribution in [0.2, 0.25) is 0 Å². The second-order valence-electron chi connectivity index (χ2n) is 10.6. The Bertz CT molecular complexity index is 1460. The fraction of sp³-hybridized carbons (Fsp3) is 0.387. The zero-order valence-corrected chi connectivity index (χ0v) is 22.7. The number of piperidine rings is 2. The number of nitrogens with zero attached hydrogens (tertiary/aromatic N) is 6. The minimum atomic E-state index is -0.921. The second kappa shape index (κ2) is 12.3. The summed E-state index contributed by atoms with van der Waals surface area (Å²) in [6, 6.07) is 14.9. The fourth-order valence-corrected chi connectivity index (χ4v) is 5.87. The number of hydrogen-bond acceptors (Lipinski definition) is 7. The third-order valence-electron chi connectivity index (χ3n) is 8.17. The van der Waals surface area contributed by atoms with Crippen molar-refractivity contribution in [2.45, 2.75) is 38.2 Å². The Kier molecular flexibility index (Phi) is 8.39. The van der Waals surface area contributed by atoms with Crippen LogP contribution in [-0.2, 0) is 4.79 Å².